The van der Waals surface area contributed by atoms with E-state index in [4.69, 9.17) is 5.11 Å². The third-order valence-electron chi connectivity index (χ3n) is 3.16. The Labute approximate surface area is 137 Å². The molecule has 2 N–H and O–H groups in total. The fraction of sp³-hybridized carbons (Fsp3) is 0.214. The molecule has 126 valence electrons. The van der Waals surface area contributed by atoms with Crippen LogP contribution in [0.15, 0.2) is 36.4 Å². The number of halogens is 3. The minimum atomic E-state index is -4.72. The molecule has 10 heteroatoms. The predicted molar refractivity (Wildman–Crippen MR) is 80.8 cm³/mol. The molecule has 0 aromatic carbocycles. The SMILES string of the molecule is O=C(O)c1cc2c(NC3C=CC(OC(F)(F)F)=CC3)ncnc2s1. The van der Waals surface area contributed by atoms with Crippen LogP contribution in [0.1, 0.15) is 16.1 Å². The zero-order valence-electron chi connectivity index (χ0n) is 11.9. The Bertz CT molecular complexity index is 845. The number of alkyl halides is 3. The maximum atomic E-state index is 12.1. The van der Waals surface area contributed by atoms with Crippen molar-refractivity contribution in [2.75, 3.05) is 5.32 Å². The van der Waals surface area contributed by atoms with Crippen molar-refractivity contribution >= 4 is 33.3 Å². The minimum absolute atomic E-state index is 0.133. The van der Waals surface area contributed by atoms with Crippen LogP contribution in [0.3, 0.4) is 0 Å². The Morgan fingerprint density at radius 2 is 2.21 bits per heavy atom. The van der Waals surface area contributed by atoms with Crippen molar-refractivity contribution in [3.05, 3.63) is 41.3 Å². The van der Waals surface area contributed by atoms with E-state index < -0.39 is 12.3 Å². The van der Waals surface area contributed by atoms with E-state index in [1.54, 1.807) is 0 Å². The lowest BCUT2D eigenvalue weighted by Gasteiger charge is -2.19. The third-order valence-corrected chi connectivity index (χ3v) is 4.19. The first kappa shape index (κ1) is 16.2. The maximum absolute atomic E-state index is 12.1. The van der Waals surface area contributed by atoms with Gasteiger partial charge in [-0.2, -0.15) is 0 Å². The summed E-state index contributed by atoms with van der Waals surface area (Å²) >= 11 is 1.02. The third kappa shape index (κ3) is 3.65. The van der Waals surface area contributed by atoms with Gasteiger partial charge in [-0.1, -0.05) is 6.08 Å². The molecule has 0 fully saturated rings. The van der Waals surface area contributed by atoms with Crippen LogP contribution in [0.2, 0.25) is 0 Å². The molecule has 2 heterocycles. The highest BCUT2D eigenvalue weighted by Gasteiger charge is 2.32. The van der Waals surface area contributed by atoms with Crippen LogP contribution in [0, 0.1) is 0 Å². The number of aromatic nitrogens is 2. The average Bonchev–Trinajstić information content (AvgIpc) is 2.93. The Hall–Kier alpha value is -2.62. The second-order valence-electron chi connectivity index (χ2n) is 4.86. The zero-order valence-corrected chi connectivity index (χ0v) is 12.7. The van der Waals surface area contributed by atoms with Crippen LogP contribution in [-0.4, -0.2) is 33.4 Å². The van der Waals surface area contributed by atoms with Gasteiger partial charge in [0.2, 0.25) is 0 Å². The number of hydrogen-bond donors (Lipinski definition) is 2. The molecule has 3 rings (SSSR count). The number of hydrogen-bond acceptors (Lipinski definition) is 6. The van der Waals surface area contributed by atoms with E-state index in [1.165, 1.54) is 30.6 Å². The second-order valence-corrected chi connectivity index (χ2v) is 5.89. The molecule has 0 amide bonds. The minimum Gasteiger partial charge on any atom is -0.477 e. The van der Waals surface area contributed by atoms with Crippen molar-refractivity contribution in [2.45, 2.75) is 18.8 Å². The first-order valence-electron chi connectivity index (χ1n) is 6.70. The molecule has 0 saturated carbocycles. The fourth-order valence-electron chi connectivity index (χ4n) is 2.17. The Kier molecular flexibility index (Phi) is 4.14. The number of carboxylic acids is 1. The van der Waals surface area contributed by atoms with Gasteiger partial charge in [0, 0.05) is 6.04 Å². The molecule has 1 aliphatic carbocycles. The van der Waals surface area contributed by atoms with Gasteiger partial charge in [-0.15, -0.1) is 24.5 Å². The van der Waals surface area contributed by atoms with Crippen LogP contribution < -0.4 is 5.32 Å². The van der Waals surface area contributed by atoms with E-state index in [1.807, 2.05) is 0 Å². The molecule has 0 bridgehead atoms. The van der Waals surface area contributed by atoms with Crippen LogP contribution in [0.25, 0.3) is 10.2 Å². The number of nitrogens with zero attached hydrogens (tertiary/aromatic N) is 2. The Morgan fingerprint density at radius 3 is 2.83 bits per heavy atom. The van der Waals surface area contributed by atoms with Crippen molar-refractivity contribution in [3.8, 4) is 0 Å². The molecule has 0 aliphatic heterocycles. The number of fused-ring (bicyclic) bond motifs is 1. The summed E-state index contributed by atoms with van der Waals surface area (Å²) in [4.78, 5) is 19.8. The highest BCUT2D eigenvalue weighted by molar-refractivity contribution is 7.20. The standard InChI is InChI=1S/C14H10F3N3O3S/c15-14(16,17)23-8-3-1-7(2-4-8)20-11-9-5-10(13(21)22)24-12(9)19-6-18-11/h1,3-7H,2H2,(H,21,22)(H,18,19,20). The molecule has 1 atom stereocenters. The van der Waals surface area contributed by atoms with Crippen molar-refractivity contribution in [1.29, 1.82) is 0 Å². The monoisotopic (exact) mass is 357 g/mol. The molecule has 0 radical (unpaired) electrons. The van der Waals surface area contributed by atoms with Crippen molar-refractivity contribution in [1.82, 2.24) is 9.97 Å². The highest BCUT2D eigenvalue weighted by Crippen LogP contribution is 2.30. The molecular formula is C14H10F3N3O3S. The van der Waals surface area contributed by atoms with Crippen LogP contribution in [0.5, 0.6) is 0 Å². The number of carboxylic acid groups (broad SMARTS) is 1. The van der Waals surface area contributed by atoms with E-state index in [9.17, 15) is 18.0 Å². The smallest absolute Gasteiger partial charge is 0.477 e. The van der Waals surface area contributed by atoms with Gasteiger partial charge in [0.1, 0.15) is 27.6 Å². The van der Waals surface area contributed by atoms with Crippen LogP contribution in [0.4, 0.5) is 19.0 Å². The lowest BCUT2D eigenvalue weighted by Crippen LogP contribution is -2.20. The predicted octanol–water partition coefficient (Wildman–Crippen LogP) is 3.55. The van der Waals surface area contributed by atoms with Crippen LogP contribution >= 0.6 is 11.3 Å². The van der Waals surface area contributed by atoms with Gasteiger partial charge >= 0.3 is 12.3 Å². The molecule has 2 aromatic rings. The Balaban J connectivity index is 1.75. The summed E-state index contributed by atoms with van der Waals surface area (Å²) in [5.74, 6) is -0.901. The molecule has 1 aliphatic rings. The summed E-state index contributed by atoms with van der Waals surface area (Å²) < 4.78 is 40.3. The molecule has 0 saturated heterocycles. The maximum Gasteiger partial charge on any atom is 0.573 e. The lowest BCUT2D eigenvalue weighted by molar-refractivity contribution is -0.303. The van der Waals surface area contributed by atoms with E-state index in [0.29, 0.717) is 16.0 Å². The van der Waals surface area contributed by atoms with E-state index in [-0.39, 0.29) is 23.1 Å². The van der Waals surface area contributed by atoms with Gasteiger partial charge in [-0.05, 0) is 24.6 Å². The van der Waals surface area contributed by atoms with Gasteiger partial charge in [0.25, 0.3) is 0 Å². The van der Waals surface area contributed by atoms with Crippen molar-refractivity contribution < 1.29 is 27.8 Å². The van der Waals surface area contributed by atoms with E-state index in [0.717, 1.165) is 11.3 Å². The topological polar surface area (TPSA) is 84.3 Å². The van der Waals surface area contributed by atoms with E-state index >= 15 is 0 Å². The number of anilines is 1. The first-order valence-corrected chi connectivity index (χ1v) is 7.52. The molecule has 1 unspecified atom stereocenters. The lowest BCUT2D eigenvalue weighted by atomic mass is 10.1. The summed E-state index contributed by atoms with van der Waals surface area (Å²) in [7, 11) is 0. The second kappa shape index (κ2) is 6.11. The number of allylic oxidation sites excluding steroid dienone is 1. The number of thiophene rings is 1. The van der Waals surface area contributed by atoms with Gasteiger partial charge in [0.05, 0.1) is 5.39 Å². The first-order chi connectivity index (χ1) is 11.3. The number of aromatic carboxylic acids is 1. The normalized spacial score (nSPS) is 17.6. The summed E-state index contributed by atoms with van der Waals surface area (Å²) in [6.07, 6.45) is 0.915. The van der Waals surface area contributed by atoms with Crippen molar-refractivity contribution in [3.63, 3.8) is 0 Å². The average molecular weight is 357 g/mol. The molecule has 0 spiro atoms. The summed E-state index contributed by atoms with van der Waals surface area (Å²) in [5, 5.41) is 12.6. The van der Waals surface area contributed by atoms with Crippen molar-refractivity contribution in [2.24, 2.45) is 0 Å². The highest BCUT2D eigenvalue weighted by atomic mass is 32.1. The number of carbonyl (C=O) groups is 1. The number of rotatable bonds is 4. The summed E-state index contributed by atoms with van der Waals surface area (Å²) in [6, 6.07) is 1.17. The van der Waals surface area contributed by atoms with Gasteiger partial charge in [0.15, 0.2) is 0 Å². The fourth-order valence-corrected chi connectivity index (χ4v) is 3.01. The quantitative estimate of drug-likeness (QED) is 0.871. The van der Waals surface area contributed by atoms with Gasteiger partial charge < -0.3 is 15.2 Å². The molecular weight excluding hydrogens is 347 g/mol. The van der Waals surface area contributed by atoms with Gasteiger partial charge in [-0.3, -0.25) is 0 Å². The largest absolute Gasteiger partial charge is 0.573 e. The molecule has 24 heavy (non-hydrogen) atoms. The molecule has 6 nitrogen and oxygen atoms in total. The summed E-state index contributed by atoms with van der Waals surface area (Å²) in [6.45, 7) is 0. The van der Waals surface area contributed by atoms with Gasteiger partial charge in [-0.25, -0.2) is 14.8 Å². The van der Waals surface area contributed by atoms with Crippen LogP contribution in [-0.2, 0) is 4.74 Å². The summed E-state index contributed by atoms with van der Waals surface area (Å²) in [5.41, 5.74) is 0. The number of ether oxygens (including phenoxy) is 1. The molecule has 2 aromatic heterocycles. The van der Waals surface area contributed by atoms with E-state index in [2.05, 4.69) is 20.0 Å². The zero-order chi connectivity index (χ0) is 17.3. The Morgan fingerprint density at radius 1 is 1.42 bits per heavy atom. The number of nitrogens with one attached hydrogen (secondary N) is 1.